The second-order valence-corrected chi connectivity index (χ2v) is 4.47. The van der Waals surface area contributed by atoms with E-state index in [1.54, 1.807) is 32.0 Å². The fourth-order valence-corrected chi connectivity index (χ4v) is 2.01. The van der Waals surface area contributed by atoms with Gasteiger partial charge in [-0.1, -0.05) is 5.16 Å². The Labute approximate surface area is 115 Å². The van der Waals surface area contributed by atoms with E-state index >= 15 is 0 Å². The summed E-state index contributed by atoms with van der Waals surface area (Å²) in [4.78, 5) is 11.9. The van der Waals surface area contributed by atoms with E-state index < -0.39 is 0 Å². The first-order chi connectivity index (χ1) is 9.63. The van der Waals surface area contributed by atoms with Crippen LogP contribution in [0, 0.1) is 13.8 Å². The molecule has 0 amide bonds. The van der Waals surface area contributed by atoms with Crippen LogP contribution in [0.25, 0.3) is 0 Å². The van der Waals surface area contributed by atoms with Crippen LogP contribution in [-0.2, 0) is 11.2 Å². The summed E-state index contributed by atoms with van der Waals surface area (Å²) in [5, 5.41) is 3.80. The zero-order valence-electron chi connectivity index (χ0n) is 11.1. The third-order valence-electron chi connectivity index (χ3n) is 3.08. The standard InChI is InChI=1S/C14H13NO5/c1-8-11(9(2)20-15-8)6-14(16)19-10-3-4-12-13(5-10)18-7-17-12/h3-5H,6-7H2,1-2H3. The molecule has 1 aliphatic rings. The van der Waals surface area contributed by atoms with E-state index in [4.69, 9.17) is 18.7 Å². The molecule has 3 rings (SSSR count). The minimum absolute atomic E-state index is 0.121. The van der Waals surface area contributed by atoms with Crippen molar-refractivity contribution in [2.75, 3.05) is 6.79 Å². The lowest BCUT2D eigenvalue weighted by molar-refractivity contribution is -0.133. The number of benzene rings is 1. The fourth-order valence-electron chi connectivity index (χ4n) is 2.01. The lowest BCUT2D eigenvalue weighted by atomic mass is 10.1. The first kappa shape index (κ1) is 12.5. The van der Waals surface area contributed by atoms with Crippen molar-refractivity contribution in [1.29, 1.82) is 0 Å². The van der Waals surface area contributed by atoms with Crippen LogP contribution in [0.15, 0.2) is 22.7 Å². The van der Waals surface area contributed by atoms with E-state index in [9.17, 15) is 4.79 Å². The molecule has 1 aliphatic heterocycles. The second kappa shape index (κ2) is 4.88. The molecule has 1 aromatic carbocycles. The molecule has 0 aliphatic carbocycles. The highest BCUT2D eigenvalue weighted by molar-refractivity contribution is 5.76. The molecule has 1 aromatic heterocycles. The van der Waals surface area contributed by atoms with Crippen LogP contribution in [0.5, 0.6) is 17.2 Å². The number of carbonyl (C=O) groups is 1. The summed E-state index contributed by atoms with van der Waals surface area (Å²) in [5.74, 6) is 1.90. The van der Waals surface area contributed by atoms with Gasteiger partial charge >= 0.3 is 5.97 Å². The van der Waals surface area contributed by atoms with Crippen molar-refractivity contribution in [3.05, 3.63) is 35.2 Å². The molecule has 6 nitrogen and oxygen atoms in total. The lowest BCUT2D eigenvalue weighted by Crippen LogP contribution is -2.12. The number of fused-ring (bicyclic) bond motifs is 1. The molecule has 0 saturated heterocycles. The third kappa shape index (κ3) is 2.32. The van der Waals surface area contributed by atoms with Crippen molar-refractivity contribution >= 4 is 5.97 Å². The zero-order valence-corrected chi connectivity index (χ0v) is 11.1. The number of aromatic nitrogens is 1. The van der Waals surface area contributed by atoms with Crippen LogP contribution in [0.2, 0.25) is 0 Å². The molecule has 2 aromatic rings. The van der Waals surface area contributed by atoms with Crippen molar-refractivity contribution in [2.45, 2.75) is 20.3 Å². The van der Waals surface area contributed by atoms with Crippen molar-refractivity contribution < 1.29 is 23.5 Å². The monoisotopic (exact) mass is 275 g/mol. The predicted octanol–water partition coefficient (Wildman–Crippen LogP) is 2.17. The number of esters is 1. The third-order valence-corrected chi connectivity index (χ3v) is 3.08. The van der Waals surface area contributed by atoms with Gasteiger partial charge < -0.3 is 18.7 Å². The topological polar surface area (TPSA) is 70.8 Å². The van der Waals surface area contributed by atoms with E-state index in [1.807, 2.05) is 0 Å². The van der Waals surface area contributed by atoms with Crippen LogP contribution in [0.1, 0.15) is 17.0 Å². The maximum atomic E-state index is 11.9. The van der Waals surface area contributed by atoms with Gasteiger partial charge in [0.05, 0.1) is 12.1 Å². The van der Waals surface area contributed by atoms with Crippen LogP contribution >= 0.6 is 0 Å². The average molecular weight is 275 g/mol. The fraction of sp³-hybridized carbons (Fsp3) is 0.286. The smallest absolute Gasteiger partial charge is 0.315 e. The van der Waals surface area contributed by atoms with Crippen molar-refractivity contribution in [3.8, 4) is 17.2 Å². The Morgan fingerprint density at radius 3 is 2.85 bits per heavy atom. The second-order valence-electron chi connectivity index (χ2n) is 4.47. The molecule has 0 unspecified atom stereocenters. The maximum absolute atomic E-state index is 11.9. The van der Waals surface area contributed by atoms with Crippen LogP contribution < -0.4 is 14.2 Å². The molecule has 0 spiro atoms. The van der Waals surface area contributed by atoms with E-state index in [0.29, 0.717) is 28.7 Å². The van der Waals surface area contributed by atoms with E-state index in [-0.39, 0.29) is 19.2 Å². The van der Waals surface area contributed by atoms with Crippen LogP contribution in [0.4, 0.5) is 0 Å². The van der Waals surface area contributed by atoms with Gasteiger partial charge in [-0.25, -0.2) is 0 Å². The number of carbonyl (C=O) groups excluding carboxylic acids is 1. The van der Waals surface area contributed by atoms with Gasteiger partial charge in [0.15, 0.2) is 11.5 Å². The highest BCUT2D eigenvalue weighted by Crippen LogP contribution is 2.35. The largest absolute Gasteiger partial charge is 0.454 e. The number of hydrogen-bond acceptors (Lipinski definition) is 6. The summed E-state index contributed by atoms with van der Waals surface area (Å²) in [7, 11) is 0. The van der Waals surface area contributed by atoms with Crippen LogP contribution in [-0.4, -0.2) is 17.9 Å². The molecule has 0 radical (unpaired) electrons. The Morgan fingerprint density at radius 1 is 1.30 bits per heavy atom. The van der Waals surface area contributed by atoms with Gasteiger partial charge in [-0.15, -0.1) is 0 Å². The molecule has 0 bridgehead atoms. The Kier molecular flexibility index (Phi) is 3.06. The number of aryl methyl sites for hydroxylation is 2. The molecule has 0 atom stereocenters. The molecule has 20 heavy (non-hydrogen) atoms. The molecule has 0 saturated carbocycles. The lowest BCUT2D eigenvalue weighted by Gasteiger charge is -2.05. The summed E-state index contributed by atoms with van der Waals surface area (Å²) >= 11 is 0. The SMILES string of the molecule is Cc1noc(C)c1CC(=O)Oc1ccc2c(c1)OCO2. The number of nitrogens with zero attached hydrogens (tertiary/aromatic N) is 1. The molecule has 0 N–H and O–H groups in total. The Balaban J connectivity index is 1.70. The number of hydrogen-bond donors (Lipinski definition) is 0. The predicted molar refractivity (Wildman–Crippen MR) is 67.9 cm³/mol. The molecule has 0 fully saturated rings. The first-order valence-corrected chi connectivity index (χ1v) is 6.15. The Bertz CT molecular complexity index is 642. The first-order valence-electron chi connectivity index (χ1n) is 6.15. The van der Waals surface area contributed by atoms with Gasteiger partial charge in [0.25, 0.3) is 0 Å². The molecule has 6 heteroatoms. The van der Waals surface area contributed by atoms with Crippen molar-refractivity contribution in [1.82, 2.24) is 5.16 Å². The van der Waals surface area contributed by atoms with Gasteiger partial charge in [0.1, 0.15) is 11.5 Å². The summed E-state index contributed by atoms with van der Waals surface area (Å²) in [6.45, 7) is 3.74. The Hall–Kier alpha value is -2.50. The zero-order chi connectivity index (χ0) is 14.1. The average Bonchev–Trinajstić information content (AvgIpc) is 3.00. The normalized spacial score (nSPS) is 12.5. The van der Waals surface area contributed by atoms with Gasteiger partial charge in [0, 0.05) is 11.6 Å². The van der Waals surface area contributed by atoms with Gasteiger partial charge in [-0.05, 0) is 26.0 Å². The molecule has 104 valence electrons. The highest BCUT2D eigenvalue weighted by Gasteiger charge is 2.17. The van der Waals surface area contributed by atoms with E-state index in [2.05, 4.69) is 5.16 Å². The van der Waals surface area contributed by atoms with Crippen molar-refractivity contribution in [2.24, 2.45) is 0 Å². The molecular formula is C14H13NO5. The quantitative estimate of drug-likeness (QED) is 0.631. The minimum Gasteiger partial charge on any atom is -0.454 e. The highest BCUT2D eigenvalue weighted by atomic mass is 16.7. The summed E-state index contributed by atoms with van der Waals surface area (Å²) in [6.07, 6.45) is 0.121. The van der Waals surface area contributed by atoms with Gasteiger partial charge in [-0.2, -0.15) is 0 Å². The van der Waals surface area contributed by atoms with Gasteiger partial charge in [0.2, 0.25) is 6.79 Å². The van der Waals surface area contributed by atoms with E-state index in [0.717, 1.165) is 5.56 Å². The van der Waals surface area contributed by atoms with Crippen LogP contribution in [0.3, 0.4) is 0 Å². The maximum Gasteiger partial charge on any atom is 0.315 e. The number of rotatable bonds is 3. The minimum atomic E-state index is -0.377. The Morgan fingerprint density at radius 2 is 2.10 bits per heavy atom. The van der Waals surface area contributed by atoms with E-state index in [1.165, 1.54) is 0 Å². The summed E-state index contributed by atoms with van der Waals surface area (Å²) in [5.41, 5.74) is 1.46. The van der Waals surface area contributed by atoms with Crippen molar-refractivity contribution in [3.63, 3.8) is 0 Å². The summed E-state index contributed by atoms with van der Waals surface area (Å²) < 4.78 is 20.7. The molecule has 2 heterocycles. The summed E-state index contributed by atoms with van der Waals surface area (Å²) in [6, 6.07) is 5.01. The van der Waals surface area contributed by atoms with Gasteiger partial charge in [-0.3, -0.25) is 4.79 Å². The molecular weight excluding hydrogens is 262 g/mol. The number of ether oxygens (including phenoxy) is 3.